The number of carbonyl (C=O) groups is 1. The van der Waals surface area contributed by atoms with Gasteiger partial charge in [0.2, 0.25) is 5.91 Å². The van der Waals surface area contributed by atoms with Crippen LogP contribution in [-0.4, -0.2) is 11.9 Å². The molecular weight excluding hydrogens is 234 g/mol. The van der Waals surface area contributed by atoms with E-state index in [1.807, 2.05) is 20.8 Å². The first kappa shape index (κ1) is 18.2. The van der Waals surface area contributed by atoms with E-state index >= 15 is 0 Å². The predicted octanol–water partition coefficient (Wildman–Crippen LogP) is 4.70. The van der Waals surface area contributed by atoms with Gasteiger partial charge in [0.15, 0.2) is 0 Å². The summed E-state index contributed by atoms with van der Waals surface area (Å²) < 4.78 is 0. The van der Waals surface area contributed by atoms with Crippen molar-refractivity contribution >= 4 is 5.91 Å². The lowest BCUT2D eigenvalue weighted by Crippen LogP contribution is -2.40. The third kappa shape index (κ3) is 7.39. The Bertz CT molecular complexity index is 264. The van der Waals surface area contributed by atoms with Crippen LogP contribution in [0.5, 0.6) is 0 Å². The Balaban J connectivity index is 0.00000154. The lowest BCUT2D eigenvalue weighted by Gasteiger charge is -2.25. The van der Waals surface area contributed by atoms with Crippen LogP contribution in [0.4, 0.5) is 0 Å². The monoisotopic (exact) mass is 267 g/mol. The van der Waals surface area contributed by atoms with Crippen LogP contribution in [0.15, 0.2) is 12.2 Å². The van der Waals surface area contributed by atoms with Gasteiger partial charge < -0.3 is 5.32 Å². The number of carbonyl (C=O) groups excluding carboxylic acids is 1. The minimum atomic E-state index is 0.193. The maximum atomic E-state index is 11.9. The Kier molecular flexibility index (Phi) is 9.63. The summed E-state index contributed by atoms with van der Waals surface area (Å²) in [5.74, 6) is 1.41. The average molecular weight is 267 g/mol. The lowest BCUT2D eigenvalue weighted by molar-refractivity contribution is -0.122. The van der Waals surface area contributed by atoms with E-state index in [-0.39, 0.29) is 11.9 Å². The van der Waals surface area contributed by atoms with E-state index in [0.717, 1.165) is 12.0 Å². The number of hydrogen-bond donors (Lipinski definition) is 1. The summed E-state index contributed by atoms with van der Waals surface area (Å²) in [5.41, 5.74) is 1.11. The first-order chi connectivity index (χ1) is 9.00. The Morgan fingerprint density at radius 1 is 1.26 bits per heavy atom. The summed E-state index contributed by atoms with van der Waals surface area (Å²) in [6.45, 7) is 14.4. The minimum absolute atomic E-state index is 0.193. The zero-order valence-corrected chi connectivity index (χ0v) is 13.6. The highest BCUT2D eigenvalue weighted by Crippen LogP contribution is 2.30. The molecule has 0 radical (unpaired) electrons. The van der Waals surface area contributed by atoms with E-state index in [4.69, 9.17) is 0 Å². The summed E-state index contributed by atoms with van der Waals surface area (Å²) in [5, 5.41) is 3.18. The number of hydrogen-bond acceptors (Lipinski definition) is 1. The fraction of sp³-hybridized carbons (Fsp3) is 0.824. The Morgan fingerprint density at radius 2 is 1.79 bits per heavy atom. The molecule has 1 unspecified atom stereocenters. The van der Waals surface area contributed by atoms with Gasteiger partial charge in [-0.25, -0.2) is 0 Å². The normalized spacial score (nSPS) is 16.7. The van der Waals surface area contributed by atoms with Crippen LogP contribution in [0, 0.1) is 11.8 Å². The van der Waals surface area contributed by atoms with Gasteiger partial charge in [-0.15, -0.1) is 0 Å². The van der Waals surface area contributed by atoms with Gasteiger partial charge in [-0.1, -0.05) is 52.7 Å². The van der Waals surface area contributed by atoms with Crippen molar-refractivity contribution in [1.82, 2.24) is 5.32 Å². The van der Waals surface area contributed by atoms with E-state index in [2.05, 4.69) is 25.7 Å². The van der Waals surface area contributed by atoms with Crippen molar-refractivity contribution in [2.75, 3.05) is 0 Å². The highest BCUT2D eigenvalue weighted by atomic mass is 16.1. The van der Waals surface area contributed by atoms with Crippen molar-refractivity contribution in [1.29, 1.82) is 0 Å². The maximum Gasteiger partial charge on any atom is 0.220 e. The molecule has 1 N–H and O–H groups in total. The van der Waals surface area contributed by atoms with Crippen LogP contribution in [-0.2, 0) is 4.79 Å². The van der Waals surface area contributed by atoms with E-state index in [9.17, 15) is 4.79 Å². The van der Waals surface area contributed by atoms with Gasteiger partial charge in [-0.2, -0.15) is 0 Å². The number of amides is 1. The molecule has 19 heavy (non-hydrogen) atoms. The molecule has 1 rings (SSSR count). The van der Waals surface area contributed by atoms with Gasteiger partial charge in [0, 0.05) is 6.42 Å². The highest BCUT2D eigenvalue weighted by Gasteiger charge is 2.26. The quantitative estimate of drug-likeness (QED) is 0.694. The van der Waals surface area contributed by atoms with Gasteiger partial charge in [0.25, 0.3) is 0 Å². The third-order valence-corrected chi connectivity index (χ3v) is 3.67. The molecule has 1 amide bonds. The fourth-order valence-corrected chi connectivity index (χ4v) is 2.60. The molecule has 1 aliphatic rings. The number of rotatable bonds is 6. The SMILES string of the molecule is C=C(C)C(NC(=O)CCC(C)C)C1CCCC1.CC. The highest BCUT2D eigenvalue weighted by molar-refractivity contribution is 5.76. The third-order valence-electron chi connectivity index (χ3n) is 3.67. The van der Waals surface area contributed by atoms with Gasteiger partial charge in [0.05, 0.1) is 6.04 Å². The van der Waals surface area contributed by atoms with Gasteiger partial charge in [-0.3, -0.25) is 4.79 Å². The Morgan fingerprint density at radius 3 is 2.21 bits per heavy atom. The van der Waals surface area contributed by atoms with Crippen LogP contribution in [0.1, 0.15) is 73.1 Å². The van der Waals surface area contributed by atoms with Crippen molar-refractivity contribution in [3.05, 3.63) is 12.2 Å². The molecule has 0 aromatic heterocycles. The Labute approximate surface area is 120 Å². The molecule has 0 bridgehead atoms. The lowest BCUT2D eigenvalue weighted by atomic mass is 9.93. The maximum absolute atomic E-state index is 11.9. The van der Waals surface area contributed by atoms with Crippen LogP contribution in [0.3, 0.4) is 0 Å². The summed E-state index contributed by atoms with van der Waals surface area (Å²) in [6, 6.07) is 0.206. The topological polar surface area (TPSA) is 29.1 Å². The summed E-state index contributed by atoms with van der Waals surface area (Å²) in [4.78, 5) is 11.9. The summed E-state index contributed by atoms with van der Waals surface area (Å²) >= 11 is 0. The van der Waals surface area contributed by atoms with Gasteiger partial charge in [0.1, 0.15) is 0 Å². The second-order valence-corrected chi connectivity index (χ2v) is 5.87. The van der Waals surface area contributed by atoms with Crippen LogP contribution >= 0.6 is 0 Å². The summed E-state index contributed by atoms with van der Waals surface area (Å²) in [6.07, 6.45) is 6.70. The van der Waals surface area contributed by atoms with Crippen LogP contribution in [0.25, 0.3) is 0 Å². The molecule has 0 aromatic rings. The molecule has 1 fully saturated rings. The molecule has 0 spiro atoms. The second-order valence-electron chi connectivity index (χ2n) is 5.87. The van der Waals surface area contributed by atoms with Crippen molar-refractivity contribution in [3.63, 3.8) is 0 Å². The Hall–Kier alpha value is -0.790. The first-order valence-corrected chi connectivity index (χ1v) is 7.95. The van der Waals surface area contributed by atoms with Crippen molar-refractivity contribution in [2.24, 2.45) is 11.8 Å². The van der Waals surface area contributed by atoms with E-state index in [1.54, 1.807) is 0 Å². The zero-order valence-electron chi connectivity index (χ0n) is 13.6. The standard InChI is InChI=1S/C15H27NO.C2H6/c1-11(2)9-10-14(17)16-15(12(3)4)13-7-5-6-8-13;1-2/h11,13,15H,3,5-10H2,1-2,4H3,(H,16,17);1-2H3. The molecule has 112 valence electrons. The molecule has 1 saturated carbocycles. The summed E-state index contributed by atoms with van der Waals surface area (Å²) in [7, 11) is 0. The van der Waals surface area contributed by atoms with Crippen molar-refractivity contribution in [2.45, 2.75) is 79.2 Å². The van der Waals surface area contributed by atoms with E-state index in [1.165, 1.54) is 25.7 Å². The molecule has 2 heteroatoms. The molecule has 1 aliphatic carbocycles. The molecule has 0 aliphatic heterocycles. The molecule has 0 saturated heterocycles. The zero-order chi connectivity index (χ0) is 14.8. The molecule has 2 nitrogen and oxygen atoms in total. The second kappa shape index (κ2) is 10.1. The smallest absolute Gasteiger partial charge is 0.220 e. The van der Waals surface area contributed by atoms with E-state index < -0.39 is 0 Å². The van der Waals surface area contributed by atoms with Gasteiger partial charge in [-0.05, 0) is 38.0 Å². The molecule has 0 heterocycles. The molecule has 1 atom stereocenters. The van der Waals surface area contributed by atoms with Gasteiger partial charge >= 0.3 is 0 Å². The van der Waals surface area contributed by atoms with Crippen LogP contribution in [0.2, 0.25) is 0 Å². The first-order valence-electron chi connectivity index (χ1n) is 7.95. The predicted molar refractivity (Wildman–Crippen MR) is 84.1 cm³/mol. The minimum Gasteiger partial charge on any atom is -0.349 e. The largest absolute Gasteiger partial charge is 0.349 e. The van der Waals surface area contributed by atoms with Crippen molar-refractivity contribution < 1.29 is 4.79 Å². The average Bonchev–Trinajstić information content (AvgIpc) is 2.89. The molecule has 0 aromatic carbocycles. The van der Waals surface area contributed by atoms with Crippen molar-refractivity contribution in [3.8, 4) is 0 Å². The van der Waals surface area contributed by atoms with E-state index in [0.29, 0.717) is 18.3 Å². The number of nitrogens with one attached hydrogen (secondary N) is 1. The molecular formula is C17H33NO. The van der Waals surface area contributed by atoms with Crippen LogP contribution < -0.4 is 5.32 Å². The fourth-order valence-electron chi connectivity index (χ4n) is 2.60.